The van der Waals surface area contributed by atoms with Crippen molar-refractivity contribution in [1.29, 1.82) is 0 Å². The molecule has 6 heteroatoms. The lowest BCUT2D eigenvalue weighted by atomic mass is 10.0. The zero-order chi connectivity index (χ0) is 15.7. The van der Waals surface area contributed by atoms with Crippen molar-refractivity contribution < 1.29 is 0 Å². The Morgan fingerprint density at radius 1 is 1.33 bits per heavy atom. The highest BCUT2D eigenvalue weighted by Gasteiger charge is 2.27. The van der Waals surface area contributed by atoms with E-state index in [0.717, 1.165) is 22.4 Å². The van der Waals surface area contributed by atoms with Crippen molar-refractivity contribution in [2.75, 3.05) is 6.54 Å². The summed E-state index contributed by atoms with van der Waals surface area (Å²) in [5.74, 6) is 0. The quantitative estimate of drug-likeness (QED) is 0.897. The van der Waals surface area contributed by atoms with Crippen LogP contribution in [0.1, 0.15) is 55.5 Å². The van der Waals surface area contributed by atoms with Crippen molar-refractivity contribution in [2.24, 2.45) is 7.05 Å². The first kappa shape index (κ1) is 16.2. The Labute approximate surface area is 134 Å². The monoisotopic (exact) mass is 353 g/mol. The molecule has 2 aromatic rings. The van der Waals surface area contributed by atoms with Crippen LogP contribution in [-0.4, -0.2) is 26.1 Å². The van der Waals surface area contributed by atoms with E-state index >= 15 is 0 Å². The summed E-state index contributed by atoms with van der Waals surface area (Å²) >= 11 is 3.66. The molecule has 0 fully saturated rings. The molecule has 0 aliphatic heterocycles. The van der Waals surface area contributed by atoms with Crippen molar-refractivity contribution >= 4 is 15.9 Å². The molecule has 2 heterocycles. The van der Waals surface area contributed by atoms with E-state index in [9.17, 15) is 0 Å². The third kappa shape index (κ3) is 2.92. The van der Waals surface area contributed by atoms with Crippen LogP contribution in [-0.2, 0) is 7.05 Å². The van der Waals surface area contributed by atoms with Crippen LogP contribution in [0.15, 0.2) is 10.7 Å². The first-order valence-electron chi connectivity index (χ1n) is 7.34. The maximum atomic E-state index is 4.56. The Morgan fingerprint density at radius 2 is 2.00 bits per heavy atom. The van der Waals surface area contributed by atoms with Gasteiger partial charge in [0.25, 0.3) is 0 Å². The van der Waals surface area contributed by atoms with E-state index in [1.807, 2.05) is 17.9 Å². The van der Waals surface area contributed by atoms with Gasteiger partial charge in [-0.25, -0.2) is 0 Å². The Balaban J connectivity index is 2.62. The van der Waals surface area contributed by atoms with E-state index in [1.165, 1.54) is 11.3 Å². The van der Waals surface area contributed by atoms with Crippen LogP contribution in [0.4, 0.5) is 0 Å². The molecule has 0 spiro atoms. The number of rotatable bonds is 5. The van der Waals surface area contributed by atoms with Crippen LogP contribution in [0.3, 0.4) is 0 Å². The number of halogens is 1. The molecule has 0 aromatic carbocycles. The van der Waals surface area contributed by atoms with Gasteiger partial charge in [0, 0.05) is 24.3 Å². The van der Waals surface area contributed by atoms with Crippen LogP contribution < -0.4 is 5.32 Å². The third-order valence-electron chi connectivity index (χ3n) is 3.81. The van der Waals surface area contributed by atoms with Gasteiger partial charge in [-0.15, -0.1) is 0 Å². The molecule has 0 saturated carbocycles. The average molecular weight is 354 g/mol. The first-order valence-corrected chi connectivity index (χ1v) is 8.14. The second-order valence-corrected chi connectivity index (χ2v) is 6.47. The number of nitrogens with zero attached hydrogens (tertiary/aromatic N) is 4. The highest BCUT2D eigenvalue weighted by Crippen LogP contribution is 2.33. The fraction of sp³-hybridized carbons (Fsp3) is 0.600. The highest BCUT2D eigenvalue weighted by atomic mass is 79.9. The van der Waals surface area contributed by atoms with Gasteiger partial charge < -0.3 is 5.32 Å². The van der Waals surface area contributed by atoms with Gasteiger partial charge in [0.05, 0.1) is 28.1 Å². The predicted molar refractivity (Wildman–Crippen MR) is 88.5 cm³/mol. The number of hydrogen-bond acceptors (Lipinski definition) is 3. The fourth-order valence-corrected chi connectivity index (χ4v) is 3.28. The Kier molecular flexibility index (Phi) is 4.88. The van der Waals surface area contributed by atoms with Gasteiger partial charge in [0.15, 0.2) is 0 Å². The normalized spacial score (nSPS) is 13.1. The van der Waals surface area contributed by atoms with Crippen molar-refractivity contribution in [2.45, 2.75) is 46.7 Å². The molecule has 1 unspecified atom stereocenters. The third-order valence-corrected chi connectivity index (χ3v) is 4.42. The van der Waals surface area contributed by atoms with Gasteiger partial charge in [-0.05, 0) is 50.2 Å². The summed E-state index contributed by atoms with van der Waals surface area (Å²) in [6.45, 7) is 11.5. The molecule has 1 atom stereocenters. The van der Waals surface area contributed by atoms with Gasteiger partial charge in [0.1, 0.15) is 0 Å². The summed E-state index contributed by atoms with van der Waals surface area (Å²) in [5, 5.41) is 12.7. The predicted octanol–water partition coefficient (Wildman–Crippen LogP) is 3.28. The van der Waals surface area contributed by atoms with Gasteiger partial charge in [-0.2, -0.15) is 10.2 Å². The summed E-state index contributed by atoms with van der Waals surface area (Å²) in [5.41, 5.74) is 4.64. The maximum Gasteiger partial charge on any atom is 0.0796 e. The van der Waals surface area contributed by atoms with E-state index in [4.69, 9.17) is 0 Å². The number of nitrogens with one attached hydrogen (secondary N) is 1. The van der Waals surface area contributed by atoms with Crippen molar-refractivity contribution in [3.8, 4) is 0 Å². The minimum absolute atomic E-state index is 0.0861. The molecule has 1 N–H and O–H groups in total. The molecule has 2 aromatic heterocycles. The van der Waals surface area contributed by atoms with E-state index in [-0.39, 0.29) is 6.04 Å². The number of hydrogen-bond donors (Lipinski definition) is 1. The molecule has 0 bridgehead atoms. The molecule has 116 valence electrons. The summed E-state index contributed by atoms with van der Waals surface area (Å²) < 4.78 is 5.05. The molecule has 0 radical (unpaired) electrons. The largest absolute Gasteiger partial charge is 0.305 e. The molecule has 0 aliphatic rings. The summed E-state index contributed by atoms with van der Waals surface area (Å²) in [4.78, 5) is 0. The Bertz CT molecular complexity index is 626. The Morgan fingerprint density at radius 3 is 2.48 bits per heavy atom. The second kappa shape index (κ2) is 6.32. The van der Waals surface area contributed by atoms with Crippen molar-refractivity contribution in [1.82, 2.24) is 24.9 Å². The van der Waals surface area contributed by atoms with E-state index in [1.54, 1.807) is 0 Å². The minimum atomic E-state index is 0.0861. The average Bonchev–Trinajstić information content (AvgIpc) is 2.90. The minimum Gasteiger partial charge on any atom is -0.305 e. The van der Waals surface area contributed by atoms with Crippen LogP contribution in [0.2, 0.25) is 0 Å². The molecular weight excluding hydrogens is 330 g/mol. The second-order valence-electron chi connectivity index (χ2n) is 5.61. The molecule has 0 aliphatic carbocycles. The van der Waals surface area contributed by atoms with Crippen LogP contribution in [0.25, 0.3) is 0 Å². The van der Waals surface area contributed by atoms with E-state index in [2.05, 4.69) is 70.7 Å². The molecular formula is C15H24BrN5. The van der Waals surface area contributed by atoms with Crippen LogP contribution in [0.5, 0.6) is 0 Å². The zero-order valence-electron chi connectivity index (χ0n) is 13.6. The zero-order valence-corrected chi connectivity index (χ0v) is 15.2. The lowest BCUT2D eigenvalue weighted by Gasteiger charge is -2.22. The van der Waals surface area contributed by atoms with Gasteiger partial charge in [-0.3, -0.25) is 9.36 Å². The molecule has 5 nitrogen and oxygen atoms in total. The van der Waals surface area contributed by atoms with E-state index in [0.29, 0.717) is 6.04 Å². The summed E-state index contributed by atoms with van der Waals surface area (Å²) in [6, 6.07) is 0.396. The molecule has 0 saturated heterocycles. The van der Waals surface area contributed by atoms with E-state index < -0.39 is 0 Å². The van der Waals surface area contributed by atoms with Crippen LogP contribution >= 0.6 is 15.9 Å². The lowest BCUT2D eigenvalue weighted by Crippen LogP contribution is -2.27. The first-order chi connectivity index (χ1) is 9.88. The SMILES string of the molecule is CCNC(c1c(C)nn(C)c1C)c1c(Br)cnn1C(C)C. The molecule has 2 rings (SSSR count). The summed E-state index contributed by atoms with van der Waals surface area (Å²) in [7, 11) is 1.99. The van der Waals surface area contributed by atoms with Crippen LogP contribution in [0, 0.1) is 13.8 Å². The molecule has 0 amide bonds. The van der Waals surface area contributed by atoms with Crippen molar-refractivity contribution in [3.63, 3.8) is 0 Å². The number of aromatic nitrogens is 4. The molecule has 21 heavy (non-hydrogen) atoms. The van der Waals surface area contributed by atoms with Gasteiger partial charge in [-0.1, -0.05) is 6.92 Å². The lowest BCUT2D eigenvalue weighted by molar-refractivity contribution is 0.474. The smallest absolute Gasteiger partial charge is 0.0796 e. The standard InChI is InChI=1S/C15H24BrN5/c1-7-17-14(13-10(4)19-20(6)11(13)5)15-12(16)8-18-21(15)9(2)3/h8-9,14,17H,7H2,1-6H3. The Hall–Kier alpha value is -1.14. The fourth-order valence-electron chi connectivity index (χ4n) is 2.78. The summed E-state index contributed by atoms with van der Waals surface area (Å²) in [6.07, 6.45) is 1.88. The maximum absolute atomic E-state index is 4.56. The van der Waals surface area contributed by atoms with Gasteiger partial charge in [0.2, 0.25) is 0 Å². The number of aryl methyl sites for hydroxylation is 2. The van der Waals surface area contributed by atoms with Crippen molar-refractivity contribution in [3.05, 3.63) is 33.3 Å². The van der Waals surface area contributed by atoms with Gasteiger partial charge >= 0.3 is 0 Å². The highest BCUT2D eigenvalue weighted by molar-refractivity contribution is 9.10. The topological polar surface area (TPSA) is 47.7 Å².